The largest absolute Gasteiger partial charge is 0.433 e. The highest BCUT2D eigenvalue weighted by Gasteiger charge is 2.50. The number of aromatic nitrogens is 4. The second-order valence-electron chi connectivity index (χ2n) is 8.48. The molecule has 5 nitrogen and oxygen atoms in total. The first-order valence-electron chi connectivity index (χ1n) is 10.5. The lowest BCUT2D eigenvalue weighted by atomic mass is 9.97. The first-order chi connectivity index (χ1) is 15.6. The van der Waals surface area contributed by atoms with Crippen LogP contribution >= 0.6 is 0 Å². The van der Waals surface area contributed by atoms with Crippen molar-refractivity contribution in [1.29, 1.82) is 0 Å². The van der Waals surface area contributed by atoms with Crippen LogP contribution < -0.4 is 4.90 Å². The maximum Gasteiger partial charge on any atom is 0.433 e. The molecule has 2 bridgehead atoms. The van der Waals surface area contributed by atoms with Crippen LogP contribution in [-0.4, -0.2) is 25.8 Å². The minimum atomic E-state index is -5.00. The van der Waals surface area contributed by atoms with Gasteiger partial charge in [-0.25, -0.2) is 4.98 Å². The average molecular weight is 467 g/mol. The molecule has 0 spiro atoms. The highest BCUT2D eigenvalue weighted by molar-refractivity contribution is 5.49. The highest BCUT2D eigenvalue weighted by atomic mass is 19.4. The number of anilines is 1. The zero-order chi connectivity index (χ0) is 23.4. The molecule has 3 aromatic rings. The molecule has 0 radical (unpaired) electrons. The molecule has 0 amide bonds. The van der Waals surface area contributed by atoms with Gasteiger partial charge in [-0.05, 0) is 42.9 Å². The zero-order valence-corrected chi connectivity index (χ0v) is 17.2. The van der Waals surface area contributed by atoms with Crippen molar-refractivity contribution in [2.24, 2.45) is 5.92 Å². The molecule has 11 heteroatoms. The molecule has 2 fully saturated rings. The van der Waals surface area contributed by atoms with Crippen LogP contribution in [0.15, 0.2) is 48.8 Å². The van der Waals surface area contributed by atoms with E-state index in [0.717, 1.165) is 12.0 Å². The molecule has 3 atom stereocenters. The molecule has 174 valence electrons. The number of rotatable bonds is 4. The maximum absolute atomic E-state index is 13.4. The van der Waals surface area contributed by atoms with E-state index in [1.165, 1.54) is 6.33 Å². The standard InChI is InChI=1S/C22H19F6N5/c23-21(24,25)15-9-17(22(26,27)28)30-18(10-15)33-16-7-6-14(8-16)19(33)20-31-29-12-32(20)11-13-4-2-1-3-5-13/h1-5,9-10,12,14,16,19H,6-8,11H2/t14-,16+,19-/m0/s1. The van der Waals surface area contributed by atoms with E-state index in [9.17, 15) is 26.3 Å². The first-order valence-corrected chi connectivity index (χ1v) is 10.5. The van der Waals surface area contributed by atoms with Gasteiger partial charge in [-0.1, -0.05) is 30.3 Å². The van der Waals surface area contributed by atoms with Crippen LogP contribution in [0.5, 0.6) is 0 Å². The molecule has 0 unspecified atom stereocenters. The first kappa shape index (κ1) is 21.7. The molecule has 2 aromatic heterocycles. The van der Waals surface area contributed by atoms with Gasteiger partial charge in [0.05, 0.1) is 18.2 Å². The van der Waals surface area contributed by atoms with Gasteiger partial charge >= 0.3 is 12.4 Å². The maximum atomic E-state index is 13.4. The van der Waals surface area contributed by atoms with Crippen LogP contribution in [0.1, 0.15) is 47.9 Å². The molecular formula is C22H19F6N5. The summed E-state index contributed by atoms with van der Waals surface area (Å²) in [5, 5.41) is 8.22. The van der Waals surface area contributed by atoms with Crippen molar-refractivity contribution in [3.05, 3.63) is 71.4 Å². The van der Waals surface area contributed by atoms with Crippen molar-refractivity contribution in [2.45, 2.75) is 50.2 Å². The Hall–Kier alpha value is -3.11. The third kappa shape index (κ3) is 4.04. The van der Waals surface area contributed by atoms with E-state index in [1.807, 2.05) is 30.3 Å². The van der Waals surface area contributed by atoms with Gasteiger partial charge in [-0.3, -0.25) is 0 Å². The lowest BCUT2D eigenvalue weighted by Crippen LogP contribution is -2.38. The number of hydrogen-bond acceptors (Lipinski definition) is 4. The molecule has 1 aliphatic heterocycles. The number of alkyl halides is 6. The third-order valence-corrected chi connectivity index (χ3v) is 6.39. The Kier molecular flexibility index (Phi) is 5.09. The van der Waals surface area contributed by atoms with Gasteiger partial charge in [-0.2, -0.15) is 26.3 Å². The summed E-state index contributed by atoms with van der Waals surface area (Å²) in [7, 11) is 0. The molecule has 1 aliphatic carbocycles. The lowest BCUT2D eigenvalue weighted by Gasteiger charge is -2.36. The number of halogens is 6. The lowest BCUT2D eigenvalue weighted by molar-refractivity contribution is -0.145. The molecule has 1 saturated heterocycles. The molecular weight excluding hydrogens is 448 g/mol. The van der Waals surface area contributed by atoms with Crippen molar-refractivity contribution >= 4 is 5.82 Å². The van der Waals surface area contributed by atoms with Crippen molar-refractivity contribution < 1.29 is 26.3 Å². The predicted molar refractivity (Wildman–Crippen MR) is 106 cm³/mol. The van der Waals surface area contributed by atoms with Gasteiger partial charge in [0.25, 0.3) is 0 Å². The summed E-state index contributed by atoms with van der Waals surface area (Å²) in [6, 6.07) is 9.55. The number of fused-ring (bicyclic) bond motifs is 2. The van der Waals surface area contributed by atoms with Crippen LogP contribution in [-0.2, 0) is 18.9 Å². The van der Waals surface area contributed by atoms with E-state index in [4.69, 9.17) is 0 Å². The van der Waals surface area contributed by atoms with Crippen LogP contribution in [0.25, 0.3) is 0 Å². The van der Waals surface area contributed by atoms with Gasteiger partial charge < -0.3 is 9.47 Å². The summed E-state index contributed by atoms with van der Waals surface area (Å²) >= 11 is 0. The van der Waals surface area contributed by atoms with Crippen molar-refractivity contribution in [3.8, 4) is 0 Å². The van der Waals surface area contributed by atoms with Crippen molar-refractivity contribution in [3.63, 3.8) is 0 Å². The summed E-state index contributed by atoms with van der Waals surface area (Å²) < 4.78 is 82.4. The van der Waals surface area contributed by atoms with Crippen LogP contribution in [0, 0.1) is 5.92 Å². The molecule has 2 aliphatic rings. The summed E-state index contributed by atoms with van der Waals surface area (Å²) in [5.74, 6) is 0.224. The topological polar surface area (TPSA) is 46.8 Å². The fourth-order valence-electron chi connectivity index (χ4n) is 5.00. The van der Waals surface area contributed by atoms with E-state index in [0.29, 0.717) is 31.3 Å². The van der Waals surface area contributed by atoms with Crippen LogP contribution in [0.4, 0.5) is 32.2 Å². The van der Waals surface area contributed by atoms with E-state index in [2.05, 4.69) is 15.2 Å². The number of nitrogens with zero attached hydrogens (tertiary/aromatic N) is 5. The Morgan fingerprint density at radius 1 is 0.939 bits per heavy atom. The van der Waals surface area contributed by atoms with Gasteiger partial charge in [0.1, 0.15) is 17.8 Å². The molecule has 3 heterocycles. The SMILES string of the molecule is FC(F)(F)c1cc(N2[C@@H]3CC[C@@H](C3)[C@H]2c2nncn2Cc2ccccc2)nc(C(F)(F)F)c1. The van der Waals surface area contributed by atoms with E-state index in [1.54, 1.807) is 9.47 Å². The zero-order valence-electron chi connectivity index (χ0n) is 17.2. The fraction of sp³-hybridized carbons (Fsp3) is 0.409. The Balaban J connectivity index is 1.58. The second-order valence-corrected chi connectivity index (χ2v) is 8.48. The minimum Gasteiger partial charge on any atom is -0.343 e. The summed E-state index contributed by atoms with van der Waals surface area (Å²) in [6.45, 7) is 0.439. The molecule has 5 rings (SSSR count). The van der Waals surface area contributed by atoms with Gasteiger partial charge in [-0.15, -0.1) is 10.2 Å². The van der Waals surface area contributed by atoms with Crippen LogP contribution in [0.2, 0.25) is 0 Å². The monoisotopic (exact) mass is 467 g/mol. The van der Waals surface area contributed by atoms with Crippen molar-refractivity contribution in [2.75, 3.05) is 4.90 Å². The Bertz CT molecular complexity index is 1110. The summed E-state index contributed by atoms with van der Waals surface area (Å²) in [4.78, 5) is 5.22. The number of pyridine rings is 1. The third-order valence-electron chi connectivity index (χ3n) is 6.39. The number of hydrogen-bond donors (Lipinski definition) is 0. The number of piperidine rings is 1. The normalized spacial score (nSPS) is 22.8. The fourth-order valence-corrected chi connectivity index (χ4v) is 5.00. The minimum absolute atomic E-state index is 0.0411. The summed E-state index contributed by atoms with van der Waals surface area (Å²) in [5.41, 5.74) is -1.95. The van der Waals surface area contributed by atoms with Crippen molar-refractivity contribution in [1.82, 2.24) is 19.7 Å². The van der Waals surface area contributed by atoms with Crippen LogP contribution in [0.3, 0.4) is 0 Å². The Morgan fingerprint density at radius 2 is 1.70 bits per heavy atom. The van der Waals surface area contributed by atoms with Gasteiger partial charge in [0, 0.05) is 6.04 Å². The average Bonchev–Trinajstić information content (AvgIpc) is 3.49. The predicted octanol–water partition coefficient (Wildman–Crippen LogP) is 5.49. The second kappa shape index (κ2) is 7.74. The Labute approximate surface area is 185 Å². The highest BCUT2D eigenvalue weighted by Crippen LogP contribution is 2.52. The van der Waals surface area contributed by atoms with E-state index < -0.39 is 29.7 Å². The number of benzene rings is 1. The van der Waals surface area contributed by atoms with E-state index in [-0.39, 0.29) is 23.8 Å². The Morgan fingerprint density at radius 3 is 2.39 bits per heavy atom. The quantitative estimate of drug-likeness (QED) is 0.476. The van der Waals surface area contributed by atoms with Gasteiger partial charge in [0.2, 0.25) is 0 Å². The van der Waals surface area contributed by atoms with Gasteiger partial charge in [0.15, 0.2) is 5.82 Å². The molecule has 1 saturated carbocycles. The molecule has 0 N–H and O–H groups in total. The summed E-state index contributed by atoms with van der Waals surface area (Å²) in [6.07, 6.45) is -6.26. The molecule has 1 aromatic carbocycles. The molecule has 33 heavy (non-hydrogen) atoms. The van der Waals surface area contributed by atoms with E-state index >= 15 is 0 Å². The smallest absolute Gasteiger partial charge is 0.343 e.